The van der Waals surface area contributed by atoms with Crippen LogP contribution in [-0.2, 0) is 4.79 Å². The molecular formula is C13H14N2O. The predicted molar refractivity (Wildman–Crippen MR) is 64.1 cm³/mol. The highest BCUT2D eigenvalue weighted by Gasteiger charge is 2.15. The minimum absolute atomic E-state index is 0.179. The number of carbonyl (C=O) groups is 1. The summed E-state index contributed by atoms with van der Waals surface area (Å²) >= 11 is 0. The zero-order valence-electron chi connectivity index (χ0n) is 9.74. The van der Waals surface area contributed by atoms with Gasteiger partial charge in [-0.05, 0) is 25.5 Å². The topological polar surface area (TPSA) is 44.1 Å². The number of anilines is 1. The van der Waals surface area contributed by atoms with Gasteiger partial charge in [0.05, 0.1) is 11.3 Å². The Hall–Kier alpha value is -2.08. The van der Waals surface area contributed by atoms with Crippen molar-refractivity contribution in [1.29, 1.82) is 5.26 Å². The minimum Gasteiger partial charge on any atom is -0.310 e. The first-order valence-electron chi connectivity index (χ1n) is 4.92. The van der Waals surface area contributed by atoms with E-state index >= 15 is 0 Å². The summed E-state index contributed by atoms with van der Waals surface area (Å²) in [6.07, 6.45) is 0. The highest BCUT2D eigenvalue weighted by molar-refractivity contribution is 6.05. The molecule has 0 saturated carbocycles. The molecule has 0 aliphatic rings. The van der Waals surface area contributed by atoms with Crippen LogP contribution in [0.4, 0.5) is 5.69 Å². The molecule has 1 amide bonds. The Morgan fingerprint density at radius 3 is 2.62 bits per heavy atom. The molecule has 16 heavy (non-hydrogen) atoms. The minimum atomic E-state index is -0.179. The van der Waals surface area contributed by atoms with E-state index in [1.54, 1.807) is 20.0 Å². The lowest BCUT2D eigenvalue weighted by molar-refractivity contribution is -0.114. The summed E-state index contributed by atoms with van der Waals surface area (Å²) in [7, 11) is 1.65. The molecule has 0 atom stereocenters. The first kappa shape index (κ1) is 12.0. The Morgan fingerprint density at radius 1 is 1.50 bits per heavy atom. The molecule has 0 heterocycles. The van der Waals surface area contributed by atoms with Gasteiger partial charge in [0, 0.05) is 12.6 Å². The van der Waals surface area contributed by atoms with Crippen LogP contribution in [0.15, 0.2) is 30.4 Å². The molecule has 1 aromatic carbocycles. The highest BCUT2D eigenvalue weighted by atomic mass is 16.2. The lowest BCUT2D eigenvalue weighted by atomic mass is 10.1. The molecule has 3 nitrogen and oxygen atoms in total. The van der Waals surface area contributed by atoms with Gasteiger partial charge in [0.15, 0.2) is 0 Å². The van der Waals surface area contributed by atoms with Crippen LogP contribution in [0.1, 0.15) is 18.1 Å². The van der Waals surface area contributed by atoms with Crippen LogP contribution in [-0.4, -0.2) is 13.0 Å². The fraction of sp³-hybridized carbons (Fsp3) is 0.231. The molecular weight excluding hydrogens is 200 g/mol. The van der Waals surface area contributed by atoms with Crippen molar-refractivity contribution in [2.24, 2.45) is 0 Å². The van der Waals surface area contributed by atoms with Gasteiger partial charge in [-0.1, -0.05) is 18.7 Å². The number of nitrogens with zero attached hydrogens (tertiary/aromatic N) is 2. The SMILES string of the molecule is C=C(C)C(=O)N(C)c1cccc(C)c1C#N. The van der Waals surface area contributed by atoms with Crippen LogP contribution in [0, 0.1) is 18.3 Å². The fourth-order valence-corrected chi connectivity index (χ4v) is 1.47. The number of aryl methyl sites for hydroxylation is 1. The molecule has 3 heteroatoms. The Labute approximate surface area is 95.6 Å². The first-order valence-corrected chi connectivity index (χ1v) is 4.92. The summed E-state index contributed by atoms with van der Waals surface area (Å²) in [4.78, 5) is 13.2. The van der Waals surface area contributed by atoms with Crippen molar-refractivity contribution in [2.45, 2.75) is 13.8 Å². The van der Waals surface area contributed by atoms with Gasteiger partial charge < -0.3 is 4.90 Å². The van der Waals surface area contributed by atoms with Gasteiger partial charge in [0.25, 0.3) is 5.91 Å². The van der Waals surface area contributed by atoms with E-state index in [0.29, 0.717) is 16.8 Å². The second-order valence-electron chi connectivity index (χ2n) is 3.73. The fourth-order valence-electron chi connectivity index (χ4n) is 1.47. The van der Waals surface area contributed by atoms with E-state index in [1.807, 2.05) is 19.1 Å². The number of nitriles is 1. The van der Waals surface area contributed by atoms with Crippen LogP contribution in [0.2, 0.25) is 0 Å². The normalized spacial score (nSPS) is 9.38. The average Bonchev–Trinajstić information content (AvgIpc) is 2.26. The van der Waals surface area contributed by atoms with Gasteiger partial charge in [-0.25, -0.2) is 0 Å². The summed E-state index contributed by atoms with van der Waals surface area (Å²) in [6.45, 7) is 7.11. The first-order chi connectivity index (χ1) is 7.49. The van der Waals surface area contributed by atoms with E-state index in [0.717, 1.165) is 5.56 Å². The molecule has 0 aliphatic heterocycles. The van der Waals surface area contributed by atoms with Gasteiger partial charge >= 0.3 is 0 Å². The molecule has 1 aromatic rings. The lowest BCUT2D eigenvalue weighted by Crippen LogP contribution is -2.27. The van der Waals surface area contributed by atoms with E-state index in [2.05, 4.69) is 12.6 Å². The molecule has 0 bridgehead atoms. The van der Waals surface area contributed by atoms with Crippen molar-refractivity contribution in [1.82, 2.24) is 0 Å². The number of likely N-dealkylation sites (N-methyl/N-ethyl adjacent to an activating group) is 1. The maximum Gasteiger partial charge on any atom is 0.253 e. The number of hydrogen-bond acceptors (Lipinski definition) is 2. The van der Waals surface area contributed by atoms with Crippen LogP contribution >= 0.6 is 0 Å². The summed E-state index contributed by atoms with van der Waals surface area (Å²) in [5.41, 5.74) is 2.46. The van der Waals surface area contributed by atoms with Crippen LogP contribution in [0.3, 0.4) is 0 Å². The largest absolute Gasteiger partial charge is 0.310 e. The third-order valence-electron chi connectivity index (χ3n) is 2.39. The van der Waals surface area contributed by atoms with Gasteiger partial charge in [-0.2, -0.15) is 5.26 Å². The standard InChI is InChI=1S/C13H14N2O/c1-9(2)13(16)15(4)12-7-5-6-10(3)11(12)8-14/h5-7H,1H2,2-4H3. The molecule has 0 fully saturated rings. The van der Waals surface area contributed by atoms with Gasteiger partial charge in [0.2, 0.25) is 0 Å². The van der Waals surface area contributed by atoms with Gasteiger partial charge in [-0.3, -0.25) is 4.79 Å². The highest BCUT2D eigenvalue weighted by Crippen LogP contribution is 2.22. The number of rotatable bonds is 2. The maximum absolute atomic E-state index is 11.7. The second-order valence-corrected chi connectivity index (χ2v) is 3.73. The molecule has 0 aliphatic carbocycles. The van der Waals surface area contributed by atoms with Crippen LogP contribution < -0.4 is 4.90 Å². The zero-order valence-corrected chi connectivity index (χ0v) is 9.74. The summed E-state index contributed by atoms with van der Waals surface area (Å²) < 4.78 is 0. The van der Waals surface area contributed by atoms with Crippen LogP contribution in [0.25, 0.3) is 0 Å². The van der Waals surface area contributed by atoms with E-state index < -0.39 is 0 Å². The number of hydrogen-bond donors (Lipinski definition) is 0. The van der Waals surface area contributed by atoms with Crippen molar-refractivity contribution in [3.05, 3.63) is 41.5 Å². The van der Waals surface area contributed by atoms with E-state index in [1.165, 1.54) is 4.90 Å². The molecule has 0 spiro atoms. The molecule has 0 saturated heterocycles. The van der Waals surface area contributed by atoms with Gasteiger partial charge in [0.1, 0.15) is 6.07 Å². The summed E-state index contributed by atoms with van der Waals surface area (Å²) in [5, 5.41) is 9.06. The molecule has 1 rings (SSSR count). The zero-order chi connectivity index (χ0) is 12.3. The summed E-state index contributed by atoms with van der Waals surface area (Å²) in [6, 6.07) is 7.55. The van der Waals surface area contributed by atoms with Crippen molar-refractivity contribution >= 4 is 11.6 Å². The van der Waals surface area contributed by atoms with E-state index in [4.69, 9.17) is 5.26 Å². The molecule has 82 valence electrons. The van der Waals surface area contributed by atoms with Crippen LogP contribution in [0.5, 0.6) is 0 Å². The van der Waals surface area contributed by atoms with Gasteiger partial charge in [-0.15, -0.1) is 0 Å². The molecule has 0 aromatic heterocycles. The molecule has 0 radical (unpaired) electrons. The number of amides is 1. The third-order valence-corrected chi connectivity index (χ3v) is 2.39. The van der Waals surface area contributed by atoms with E-state index in [-0.39, 0.29) is 5.91 Å². The van der Waals surface area contributed by atoms with E-state index in [9.17, 15) is 4.79 Å². The quantitative estimate of drug-likeness (QED) is 0.709. The van der Waals surface area contributed by atoms with Crippen molar-refractivity contribution < 1.29 is 4.79 Å². The molecule has 0 unspecified atom stereocenters. The van der Waals surface area contributed by atoms with Crippen molar-refractivity contribution in [3.8, 4) is 6.07 Å². The van der Waals surface area contributed by atoms with Crippen molar-refractivity contribution in [3.63, 3.8) is 0 Å². The lowest BCUT2D eigenvalue weighted by Gasteiger charge is -2.19. The average molecular weight is 214 g/mol. The Bertz CT molecular complexity index is 483. The monoisotopic (exact) mass is 214 g/mol. The maximum atomic E-state index is 11.7. The number of benzene rings is 1. The third kappa shape index (κ3) is 2.12. The Morgan fingerprint density at radius 2 is 2.12 bits per heavy atom. The summed E-state index contributed by atoms with van der Waals surface area (Å²) in [5.74, 6) is -0.179. The number of carbonyl (C=O) groups excluding carboxylic acids is 1. The smallest absolute Gasteiger partial charge is 0.253 e. The Kier molecular flexibility index (Phi) is 3.47. The second kappa shape index (κ2) is 4.63. The predicted octanol–water partition coefficient (Wildman–Crippen LogP) is 2.41. The molecule has 0 N–H and O–H groups in total. The van der Waals surface area contributed by atoms with Crippen molar-refractivity contribution in [2.75, 3.05) is 11.9 Å². The Balaban J connectivity index is 3.25.